The minimum Gasteiger partial charge on any atom is -0.326 e. The van der Waals surface area contributed by atoms with E-state index in [1.165, 1.54) is 12.8 Å². The van der Waals surface area contributed by atoms with Gasteiger partial charge in [0, 0.05) is 18.3 Å². The van der Waals surface area contributed by atoms with E-state index < -0.39 is 0 Å². The number of rotatable bonds is 5. The third kappa shape index (κ3) is 3.83. The van der Waals surface area contributed by atoms with E-state index in [-0.39, 0.29) is 11.9 Å². The van der Waals surface area contributed by atoms with Crippen molar-refractivity contribution in [2.24, 2.45) is 11.7 Å². The molecule has 1 amide bonds. The molecule has 1 saturated heterocycles. The molecule has 0 spiro atoms. The lowest BCUT2D eigenvalue weighted by molar-refractivity contribution is -0.121. The van der Waals surface area contributed by atoms with Crippen LogP contribution in [0, 0.1) is 5.92 Å². The maximum atomic E-state index is 12.4. The minimum atomic E-state index is -0.0888. The van der Waals surface area contributed by atoms with Gasteiger partial charge in [0.2, 0.25) is 5.91 Å². The summed E-state index contributed by atoms with van der Waals surface area (Å²) in [7, 11) is 0. The van der Waals surface area contributed by atoms with Crippen molar-refractivity contribution in [2.75, 3.05) is 11.9 Å². The van der Waals surface area contributed by atoms with Gasteiger partial charge in [-0.2, -0.15) is 0 Å². The number of nitrogens with two attached hydrogens (primary N) is 1. The van der Waals surface area contributed by atoms with E-state index in [1.54, 1.807) is 0 Å². The minimum absolute atomic E-state index is 0.0723. The van der Waals surface area contributed by atoms with Gasteiger partial charge in [0.15, 0.2) is 0 Å². The lowest BCUT2D eigenvalue weighted by Gasteiger charge is -2.32. The zero-order valence-corrected chi connectivity index (χ0v) is 13.3. The first kappa shape index (κ1) is 16.0. The Morgan fingerprint density at radius 3 is 2.57 bits per heavy atom. The van der Waals surface area contributed by atoms with Crippen LogP contribution >= 0.6 is 0 Å². The van der Waals surface area contributed by atoms with Gasteiger partial charge < -0.3 is 11.1 Å². The quantitative estimate of drug-likeness (QED) is 0.876. The summed E-state index contributed by atoms with van der Waals surface area (Å²) in [5.74, 6) is 0.662. The summed E-state index contributed by atoms with van der Waals surface area (Å²) < 4.78 is 0. The van der Waals surface area contributed by atoms with Gasteiger partial charge in [-0.1, -0.05) is 26.0 Å². The van der Waals surface area contributed by atoms with Crippen molar-refractivity contribution in [2.45, 2.75) is 52.2 Å². The molecule has 1 aliphatic rings. The van der Waals surface area contributed by atoms with Gasteiger partial charge in [0.25, 0.3) is 0 Å². The van der Waals surface area contributed by atoms with Crippen LogP contribution in [-0.4, -0.2) is 29.4 Å². The van der Waals surface area contributed by atoms with Crippen LogP contribution in [-0.2, 0) is 11.3 Å². The lowest BCUT2D eigenvalue weighted by atomic mass is 10.0. The molecule has 1 aromatic carbocycles. The molecule has 0 aromatic heterocycles. The largest absolute Gasteiger partial charge is 0.326 e. The Balaban J connectivity index is 1.98. The SMILES string of the molecule is CC(C)C1CCCN1C(C)C(=O)Nc1ccc(CN)cc1. The topological polar surface area (TPSA) is 58.4 Å². The van der Waals surface area contributed by atoms with Gasteiger partial charge >= 0.3 is 0 Å². The number of amides is 1. The zero-order valence-electron chi connectivity index (χ0n) is 13.3. The van der Waals surface area contributed by atoms with Crippen LogP contribution in [0.4, 0.5) is 5.69 Å². The van der Waals surface area contributed by atoms with Crippen LogP contribution < -0.4 is 11.1 Å². The summed E-state index contributed by atoms with van der Waals surface area (Å²) in [5, 5.41) is 3.01. The molecule has 1 aliphatic heterocycles. The van der Waals surface area contributed by atoms with Crippen LogP contribution in [0.15, 0.2) is 24.3 Å². The molecule has 2 atom stereocenters. The van der Waals surface area contributed by atoms with Crippen LogP contribution in [0.3, 0.4) is 0 Å². The second-order valence-electron chi connectivity index (χ2n) is 6.26. The van der Waals surface area contributed by atoms with E-state index >= 15 is 0 Å². The van der Waals surface area contributed by atoms with Gasteiger partial charge in [-0.05, 0) is 49.9 Å². The number of nitrogens with one attached hydrogen (secondary N) is 1. The number of carbonyl (C=O) groups excluding carboxylic acids is 1. The van der Waals surface area contributed by atoms with Crippen molar-refractivity contribution in [3.8, 4) is 0 Å². The first-order valence-electron chi connectivity index (χ1n) is 7.88. The monoisotopic (exact) mass is 289 g/mol. The Morgan fingerprint density at radius 1 is 1.33 bits per heavy atom. The summed E-state index contributed by atoms with van der Waals surface area (Å²) in [6, 6.07) is 8.16. The van der Waals surface area contributed by atoms with Crippen molar-refractivity contribution < 1.29 is 4.79 Å². The Kier molecular flexibility index (Phi) is 5.37. The predicted octanol–water partition coefficient (Wildman–Crippen LogP) is 2.59. The van der Waals surface area contributed by atoms with Crippen molar-refractivity contribution in [3.05, 3.63) is 29.8 Å². The molecular weight excluding hydrogens is 262 g/mol. The third-order valence-corrected chi connectivity index (χ3v) is 4.45. The maximum Gasteiger partial charge on any atom is 0.241 e. The molecule has 1 aromatic rings. The molecule has 2 unspecified atom stereocenters. The van der Waals surface area contributed by atoms with Crippen molar-refractivity contribution in [3.63, 3.8) is 0 Å². The summed E-state index contributed by atoms with van der Waals surface area (Å²) in [6.45, 7) is 8.01. The Labute approximate surface area is 127 Å². The zero-order chi connectivity index (χ0) is 15.4. The van der Waals surface area contributed by atoms with E-state index in [9.17, 15) is 4.79 Å². The highest BCUT2D eigenvalue weighted by atomic mass is 16.2. The fraction of sp³-hybridized carbons (Fsp3) is 0.588. The highest BCUT2D eigenvalue weighted by molar-refractivity contribution is 5.94. The van der Waals surface area contributed by atoms with E-state index in [0.717, 1.165) is 17.8 Å². The molecule has 4 heteroatoms. The van der Waals surface area contributed by atoms with E-state index in [0.29, 0.717) is 18.5 Å². The van der Waals surface area contributed by atoms with Gasteiger partial charge in [0.1, 0.15) is 0 Å². The maximum absolute atomic E-state index is 12.4. The van der Waals surface area contributed by atoms with Gasteiger partial charge in [0.05, 0.1) is 6.04 Å². The van der Waals surface area contributed by atoms with E-state index in [2.05, 4.69) is 24.1 Å². The number of carbonyl (C=O) groups is 1. The second-order valence-corrected chi connectivity index (χ2v) is 6.26. The standard InChI is InChI=1S/C17H27N3O/c1-12(2)16-5-4-10-20(16)13(3)17(21)19-15-8-6-14(11-18)7-9-15/h6-9,12-13,16H,4-5,10-11,18H2,1-3H3,(H,19,21). The number of nitrogens with zero attached hydrogens (tertiary/aromatic N) is 1. The first-order valence-corrected chi connectivity index (χ1v) is 7.88. The molecule has 1 fully saturated rings. The molecule has 1 heterocycles. The highest BCUT2D eigenvalue weighted by Crippen LogP contribution is 2.26. The number of anilines is 1. The molecule has 0 bridgehead atoms. The highest BCUT2D eigenvalue weighted by Gasteiger charge is 2.33. The first-order chi connectivity index (χ1) is 10.0. The van der Waals surface area contributed by atoms with Gasteiger partial charge in [-0.15, -0.1) is 0 Å². The molecule has 4 nitrogen and oxygen atoms in total. The Hall–Kier alpha value is -1.39. The number of hydrogen-bond acceptors (Lipinski definition) is 3. The number of hydrogen-bond donors (Lipinski definition) is 2. The van der Waals surface area contributed by atoms with Crippen LogP contribution in [0.1, 0.15) is 39.2 Å². The number of likely N-dealkylation sites (tertiary alicyclic amines) is 1. The summed E-state index contributed by atoms with van der Waals surface area (Å²) in [5.41, 5.74) is 7.49. The Morgan fingerprint density at radius 2 is 2.00 bits per heavy atom. The molecule has 116 valence electrons. The van der Waals surface area contributed by atoms with Crippen molar-refractivity contribution in [1.82, 2.24) is 4.90 Å². The second kappa shape index (κ2) is 7.05. The molecule has 2 rings (SSSR count). The molecule has 0 aliphatic carbocycles. The molecule has 21 heavy (non-hydrogen) atoms. The molecule has 0 saturated carbocycles. The van der Waals surface area contributed by atoms with Gasteiger partial charge in [-0.3, -0.25) is 9.69 Å². The predicted molar refractivity (Wildman–Crippen MR) is 87.0 cm³/mol. The van der Waals surface area contributed by atoms with Crippen molar-refractivity contribution >= 4 is 11.6 Å². The van der Waals surface area contributed by atoms with Gasteiger partial charge in [-0.25, -0.2) is 0 Å². The molecular formula is C17H27N3O. The average Bonchev–Trinajstić information content (AvgIpc) is 2.96. The number of benzene rings is 1. The fourth-order valence-corrected chi connectivity index (χ4v) is 3.13. The average molecular weight is 289 g/mol. The summed E-state index contributed by atoms with van der Waals surface area (Å²) in [4.78, 5) is 14.8. The Bertz CT molecular complexity index is 469. The molecule has 3 N–H and O–H groups in total. The van der Waals surface area contributed by atoms with Crippen LogP contribution in [0.2, 0.25) is 0 Å². The fourth-order valence-electron chi connectivity index (χ4n) is 3.13. The lowest BCUT2D eigenvalue weighted by Crippen LogP contribution is -2.46. The third-order valence-electron chi connectivity index (χ3n) is 4.45. The van der Waals surface area contributed by atoms with E-state index in [4.69, 9.17) is 5.73 Å². The smallest absolute Gasteiger partial charge is 0.241 e. The summed E-state index contributed by atoms with van der Waals surface area (Å²) in [6.07, 6.45) is 2.38. The molecule has 0 radical (unpaired) electrons. The van der Waals surface area contributed by atoms with Crippen LogP contribution in [0.5, 0.6) is 0 Å². The van der Waals surface area contributed by atoms with Crippen LogP contribution in [0.25, 0.3) is 0 Å². The van der Waals surface area contributed by atoms with Crippen molar-refractivity contribution in [1.29, 1.82) is 0 Å². The normalized spacial score (nSPS) is 20.7. The summed E-state index contributed by atoms with van der Waals surface area (Å²) >= 11 is 0. The van der Waals surface area contributed by atoms with E-state index in [1.807, 2.05) is 31.2 Å².